The minimum absolute atomic E-state index is 0.467. The minimum atomic E-state index is -0.957. The van der Waals surface area contributed by atoms with E-state index in [1.165, 1.54) is 14.0 Å². The number of carboxylic acid groups (broad SMARTS) is 1. The molecule has 0 aliphatic carbocycles. The van der Waals surface area contributed by atoms with Gasteiger partial charge in [0.05, 0.1) is 13.0 Å². The van der Waals surface area contributed by atoms with Crippen LogP contribution in [0.15, 0.2) is 22.7 Å². The molecule has 6 nitrogen and oxygen atoms in total. The molecule has 1 rings (SSSR count). The Balaban J connectivity index is 2.67. The molecule has 0 heterocycles. The van der Waals surface area contributed by atoms with Gasteiger partial charge in [-0.3, -0.25) is 4.79 Å². The second-order valence-electron chi connectivity index (χ2n) is 4.39. The standard InChI is InChI=1S/C13H17BrN2O4/c1-7(12(17)18)8(2)15-13(19)16-10-4-9(14)5-11(6-10)20-3/h4-8H,1-3H3,(H,17,18)(H2,15,16,19). The van der Waals surface area contributed by atoms with E-state index < -0.39 is 24.0 Å². The normalized spacial score (nSPS) is 13.2. The maximum Gasteiger partial charge on any atom is 0.319 e. The van der Waals surface area contributed by atoms with E-state index in [4.69, 9.17) is 9.84 Å². The van der Waals surface area contributed by atoms with Gasteiger partial charge < -0.3 is 20.5 Å². The zero-order valence-electron chi connectivity index (χ0n) is 11.4. The number of urea groups is 1. The van der Waals surface area contributed by atoms with E-state index in [-0.39, 0.29) is 0 Å². The quantitative estimate of drug-likeness (QED) is 0.766. The fourth-order valence-electron chi connectivity index (χ4n) is 1.47. The Hall–Kier alpha value is -1.76. The highest BCUT2D eigenvalue weighted by molar-refractivity contribution is 9.10. The molecule has 110 valence electrons. The number of carbonyl (C=O) groups is 2. The third-order valence-corrected chi connectivity index (χ3v) is 3.32. The van der Waals surface area contributed by atoms with E-state index >= 15 is 0 Å². The predicted octanol–water partition coefficient (Wildman–Crippen LogP) is 2.69. The van der Waals surface area contributed by atoms with Gasteiger partial charge in [-0.05, 0) is 26.0 Å². The van der Waals surface area contributed by atoms with Crippen LogP contribution in [0.1, 0.15) is 13.8 Å². The summed E-state index contributed by atoms with van der Waals surface area (Å²) in [6.07, 6.45) is 0. The number of anilines is 1. The molecular weight excluding hydrogens is 328 g/mol. The van der Waals surface area contributed by atoms with Gasteiger partial charge in [-0.25, -0.2) is 4.79 Å². The van der Waals surface area contributed by atoms with Crippen molar-refractivity contribution in [3.05, 3.63) is 22.7 Å². The Labute approximate surface area is 125 Å². The van der Waals surface area contributed by atoms with Crippen LogP contribution in [0.3, 0.4) is 0 Å². The highest BCUT2D eigenvalue weighted by atomic mass is 79.9. The van der Waals surface area contributed by atoms with Crippen molar-refractivity contribution >= 4 is 33.6 Å². The fourth-order valence-corrected chi connectivity index (χ4v) is 1.94. The van der Waals surface area contributed by atoms with E-state index in [9.17, 15) is 9.59 Å². The third kappa shape index (κ3) is 4.73. The van der Waals surface area contributed by atoms with Gasteiger partial charge in [0.25, 0.3) is 0 Å². The van der Waals surface area contributed by atoms with Crippen LogP contribution in [0, 0.1) is 5.92 Å². The lowest BCUT2D eigenvalue weighted by atomic mass is 10.0. The van der Waals surface area contributed by atoms with Crippen molar-refractivity contribution in [3.8, 4) is 5.75 Å². The Kier molecular flexibility index (Phi) is 5.82. The van der Waals surface area contributed by atoms with Crippen molar-refractivity contribution in [2.75, 3.05) is 12.4 Å². The van der Waals surface area contributed by atoms with Crippen LogP contribution in [0.25, 0.3) is 0 Å². The fraction of sp³-hybridized carbons (Fsp3) is 0.385. The summed E-state index contributed by atoms with van der Waals surface area (Å²) in [7, 11) is 1.53. The van der Waals surface area contributed by atoms with Gasteiger partial charge in [0, 0.05) is 22.3 Å². The Morgan fingerprint density at radius 2 is 1.95 bits per heavy atom. The van der Waals surface area contributed by atoms with Crippen LogP contribution in [0.4, 0.5) is 10.5 Å². The Morgan fingerprint density at radius 3 is 2.50 bits per heavy atom. The molecule has 0 bridgehead atoms. The number of nitrogens with one attached hydrogen (secondary N) is 2. The number of methoxy groups -OCH3 is 1. The van der Waals surface area contributed by atoms with Crippen molar-refractivity contribution in [2.24, 2.45) is 5.92 Å². The summed E-state index contributed by atoms with van der Waals surface area (Å²) in [5.41, 5.74) is 0.545. The maximum atomic E-state index is 11.8. The first-order valence-electron chi connectivity index (χ1n) is 5.98. The summed E-state index contributed by atoms with van der Waals surface area (Å²) in [5, 5.41) is 14.1. The lowest BCUT2D eigenvalue weighted by Gasteiger charge is -2.18. The lowest BCUT2D eigenvalue weighted by molar-refractivity contribution is -0.141. The number of ether oxygens (including phenoxy) is 1. The molecule has 1 aromatic carbocycles. The molecule has 0 aliphatic heterocycles. The molecule has 2 amide bonds. The van der Waals surface area contributed by atoms with Crippen molar-refractivity contribution in [2.45, 2.75) is 19.9 Å². The van der Waals surface area contributed by atoms with Crippen LogP contribution in [-0.4, -0.2) is 30.3 Å². The number of carbonyl (C=O) groups excluding carboxylic acids is 1. The molecule has 0 aliphatic rings. The predicted molar refractivity (Wildman–Crippen MR) is 79.1 cm³/mol. The summed E-state index contributed by atoms with van der Waals surface area (Å²) < 4.78 is 5.85. The van der Waals surface area contributed by atoms with E-state index in [1.54, 1.807) is 25.1 Å². The molecule has 0 saturated heterocycles. The molecular formula is C13H17BrN2O4. The van der Waals surface area contributed by atoms with Crippen molar-refractivity contribution in [3.63, 3.8) is 0 Å². The second kappa shape index (κ2) is 7.14. The van der Waals surface area contributed by atoms with E-state index in [0.717, 1.165) is 4.47 Å². The molecule has 7 heteroatoms. The molecule has 2 unspecified atom stereocenters. The maximum absolute atomic E-state index is 11.8. The van der Waals surface area contributed by atoms with Gasteiger partial charge in [-0.2, -0.15) is 0 Å². The highest BCUT2D eigenvalue weighted by Gasteiger charge is 2.20. The summed E-state index contributed by atoms with van der Waals surface area (Å²) in [4.78, 5) is 22.6. The summed E-state index contributed by atoms with van der Waals surface area (Å²) in [6.45, 7) is 3.18. The number of aliphatic carboxylic acids is 1. The molecule has 1 aromatic rings. The van der Waals surface area contributed by atoms with Gasteiger partial charge in [-0.15, -0.1) is 0 Å². The zero-order valence-corrected chi connectivity index (χ0v) is 13.0. The molecule has 20 heavy (non-hydrogen) atoms. The van der Waals surface area contributed by atoms with Crippen molar-refractivity contribution < 1.29 is 19.4 Å². The van der Waals surface area contributed by atoms with E-state index in [0.29, 0.717) is 11.4 Å². The molecule has 3 N–H and O–H groups in total. The topological polar surface area (TPSA) is 87.7 Å². The average Bonchev–Trinajstić information content (AvgIpc) is 2.36. The number of benzene rings is 1. The molecule has 2 atom stereocenters. The largest absolute Gasteiger partial charge is 0.497 e. The summed E-state index contributed by atoms with van der Waals surface area (Å²) >= 11 is 3.31. The van der Waals surface area contributed by atoms with E-state index in [1.807, 2.05) is 0 Å². The molecule has 0 fully saturated rings. The number of amides is 2. The molecule has 0 saturated carbocycles. The first-order valence-corrected chi connectivity index (χ1v) is 6.77. The average molecular weight is 345 g/mol. The van der Waals surface area contributed by atoms with Crippen LogP contribution >= 0.6 is 15.9 Å². The van der Waals surface area contributed by atoms with Gasteiger partial charge in [0.2, 0.25) is 0 Å². The minimum Gasteiger partial charge on any atom is -0.497 e. The van der Waals surface area contributed by atoms with Crippen molar-refractivity contribution in [1.29, 1.82) is 0 Å². The van der Waals surface area contributed by atoms with Gasteiger partial charge >= 0.3 is 12.0 Å². The summed E-state index contributed by atoms with van der Waals surface area (Å²) in [6, 6.07) is 4.19. The number of halogens is 1. The van der Waals surface area contributed by atoms with Crippen LogP contribution in [0.2, 0.25) is 0 Å². The van der Waals surface area contributed by atoms with Crippen LogP contribution in [-0.2, 0) is 4.79 Å². The first kappa shape index (κ1) is 16.3. The Bertz CT molecular complexity index is 507. The number of hydrogen-bond acceptors (Lipinski definition) is 3. The smallest absolute Gasteiger partial charge is 0.319 e. The van der Waals surface area contributed by atoms with Gasteiger partial charge in [-0.1, -0.05) is 15.9 Å². The van der Waals surface area contributed by atoms with E-state index in [2.05, 4.69) is 26.6 Å². The number of hydrogen-bond donors (Lipinski definition) is 3. The number of carboxylic acids is 1. The van der Waals surface area contributed by atoms with Gasteiger partial charge in [0.15, 0.2) is 0 Å². The highest BCUT2D eigenvalue weighted by Crippen LogP contribution is 2.24. The lowest BCUT2D eigenvalue weighted by Crippen LogP contribution is -2.42. The van der Waals surface area contributed by atoms with Crippen LogP contribution < -0.4 is 15.4 Å². The summed E-state index contributed by atoms with van der Waals surface area (Å²) in [5.74, 6) is -1.03. The van der Waals surface area contributed by atoms with Gasteiger partial charge in [0.1, 0.15) is 5.75 Å². The molecule has 0 spiro atoms. The van der Waals surface area contributed by atoms with Crippen LogP contribution in [0.5, 0.6) is 5.75 Å². The Morgan fingerprint density at radius 1 is 1.30 bits per heavy atom. The number of rotatable bonds is 5. The SMILES string of the molecule is COc1cc(Br)cc(NC(=O)NC(C)C(C)C(=O)O)c1. The van der Waals surface area contributed by atoms with Crippen molar-refractivity contribution in [1.82, 2.24) is 5.32 Å². The molecule has 0 aromatic heterocycles. The monoisotopic (exact) mass is 344 g/mol. The molecule has 0 radical (unpaired) electrons. The zero-order chi connectivity index (χ0) is 15.3. The third-order valence-electron chi connectivity index (χ3n) is 2.86. The first-order chi connectivity index (χ1) is 9.33. The second-order valence-corrected chi connectivity index (χ2v) is 5.31.